The predicted molar refractivity (Wildman–Crippen MR) is 116 cm³/mol. The number of hydrogen-bond acceptors (Lipinski definition) is 3. The van der Waals surface area contributed by atoms with Gasteiger partial charge in [0.15, 0.2) is 0 Å². The molecule has 3 aromatic rings. The fourth-order valence-electron chi connectivity index (χ4n) is 4.77. The largest absolute Gasteiger partial charge is 0.336 e. The zero-order valence-corrected chi connectivity index (χ0v) is 16.8. The molecule has 29 heavy (non-hydrogen) atoms. The SMILES string of the molecule is C=CC(=O)N1CC(N2CCc3ccc(-c4c(C)ccc5[nH]ncc45)cc3CC2)C1. The van der Waals surface area contributed by atoms with E-state index in [9.17, 15) is 4.79 Å². The number of nitrogens with one attached hydrogen (secondary N) is 1. The summed E-state index contributed by atoms with van der Waals surface area (Å²) in [6, 6.07) is 11.7. The van der Waals surface area contributed by atoms with Gasteiger partial charge in [-0.25, -0.2) is 0 Å². The Hall–Kier alpha value is -2.92. The summed E-state index contributed by atoms with van der Waals surface area (Å²) in [5.74, 6) is 0.0489. The average Bonchev–Trinajstić information content (AvgIpc) is 3.07. The maximum Gasteiger partial charge on any atom is 0.246 e. The van der Waals surface area contributed by atoms with Crippen LogP contribution in [-0.4, -0.2) is 58.1 Å². The van der Waals surface area contributed by atoms with Gasteiger partial charge in [0, 0.05) is 37.6 Å². The van der Waals surface area contributed by atoms with Crippen molar-refractivity contribution in [3.05, 3.63) is 65.9 Å². The number of aryl methyl sites for hydroxylation is 1. The highest BCUT2D eigenvalue weighted by atomic mass is 16.2. The van der Waals surface area contributed by atoms with Crippen LogP contribution in [0.3, 0.4) is 0 Å². The van der Waals surface area contributed by atoms with Gasteiger partial charge in [-0.1, -0.05) is 30.8 Å². The molecule has 1 saturated heterocycles. The summed E-state index contributed by atoms with van der Waals surface area (Å²) in [4.78, 5) is 16.2. The highest BCUT2D eigenvalue weighted by Crippen LogP contribution is 2.33. The molecule has 2 aliphatic rings. The highest BCUT2D eigenvalue weighted by molar-refractivity contribution is 5.96. The lowest BCUT2D eigenvalue weighted by molar-refractivity contribution is -0.133. The fraction of sp³-hybridized carbons (Fsp3) is 0.333. The van der Waals surface area contributed by atoms with Crippen molar-refractivity contribution < 1.29 is 4.79 Å². The minimum absolute atomic E-state index is 0.0489. The molecule has 0 atom stereocenters. The molecule has 3 heterocycles. The van der Waals surface area contributed by atoms with Crippen molar-refractivity contribution in [2.45, 2.75) is 25.8 Å². The van der Waals surface area contributed by atoms with E-state index in [1.165, 1.54) is 39.3 Å². The number of carbonyl (C=O) groups excluding carboxylic acids is 1. The van der Waals surface area contributed by atoms with E-state index in [-0.39, 0.29) is 5.91 Å². The van der Waals surface area contributed by atoms with Gasteiger partial charge in [-0.2, -0.15) is 5.10 Å². The van der Waals surface area contributed by atoms with Crippen LogP contribution in [0.1, 0.15) is 16.7 Å². The lowest BCUT2D eigenvalue weighted by atomic mass is 9.92. The number of H-pyrrole nitrogens is 1. The normalized spacial score (nSPS) is 17.6. The van der Waals surface area contributed by atoms with Crippen molar-refractivity contribution in [2.24, 2.45) is 0 Å². The molecule has 5 nitrogen and oxygen atoms in total. The number of aromatic amines is 1. The van der Waals surface area contributed by atoms with Crippen LogP contribution in [0.15, 0.2) is 49.2 Å². The first-order valence-electron chi connectivity index (χ1n) is 10.3. The molecule has 0 unspecified atom stereocenters. The summed E-state index contributed by atoms with van der Waals surface area (Å²) in [6.07, 6.45) is 5.46. The third kappa shape index (κ3) is 3.15. The number of carbonyl (C=O) groups is 1. The minimum atomic E-state index is 0.0489. The molecule has 1 aromatic heterocycles. The van der Waals surface area contributed by atoms with Crippen molar-refractivity contribution in [3.8, 4) is 11.1 Å². The van der Waals surface area contributed by atoms with Gasteiger partial charge in [0.1, 0.15) is 0 Å². The van der Waals surface area contributed by atoms with E-state index < -0.39 is 0 Å². The van der Waals surface area contributed by atoms with Crippen LogP contribution < -0.4 is 0 Å². The van der Waals surface area contributed by atoms with Crippen molar-refractivity contribution in [1.82, 2.24) is 20.0 Å². The van der Waals surface area contributed by atoms with Gasteiger partial charge in [-0.3, -0.25) is 14.8 Å². The molecule has 0 saturated carbocycles. The van der Waals surface area contributed by atoms with E-state index in [0.717, 1.165) is 44.5 Å². The second-order valence-corrected chi connectivity index (χ2v) is 8.21. The number of nitrogens with zero attached hydrogens (tertiary/aromatic N) is 3. The van der Waals surface area contributed by atoms with Crippen molar-refractivity contribution in [1.29, 1.82) is 0 Å². The molecule has 1 fully saturated rings. The Morgan fingerprint density at radius 3 is 2.76 bits per heavy atom. The van der Waals surface area contributed by atoms with Crippen molar-refractivity contribution >= 4 is 16.8 Å². The number of benzene rings is 2. The van der Waals surface area contributed by atoms with E-state index >= 15 is 0 Å². The Morgan fingerprint density at radius 2 is 1.97 bits per heavy atom. The molecule has 0 spiro atoms. The first kappa shape index (κ1) is 18.1. The van der Waals surface area contributed by atoms with E-state index in [0.29, 0.717) is 6.04 Å². The van der Waals surface area contributed by atoms with E-state index in [4.69, 9.17) is 0 Å². The van der Waals surface area contributed by atoms with Gasteiger partial charge in [0.25, 0.3) is 0 Å². The van der Waals surface area contributed by atoms with Gasteiger partial charge in [0.2, 0.25) is 5.91 Å². The zero-order chi connectivity index (χ0) is 20.0. The van der Waals surface area contributed by atoms with Gasteiger partial charge in [-0.15, -0.1) is 0 Å². The van der Waals surface area contributed by atoms with Crippen LogP contribution in [0.2, 0.25) is 0 Å². The standard InChI is InChI=1S/C24H26N4O/c1-3-23(29)28-14-20(15-28)27-10-8-17-5-6-19(12-18(17)9-11-27)24-16(2)4-7-22-21(24)13-25-26-22/h3-7,12-13,20H,1,8-11,14-15H2,2H3,(H,25,26). The van der Waals surface area contributed by atoms with Crippen LogP contribution >= 0.6 is 0 Å². The second kappa shape index (κ2) is 7.16. The van der Waals surface area contributed by atoms with E-state index in [1.807, 2.05) is 11.1 Å². The third-order valence-electron chi connectivity index (χ3n) is 6.53. The molecule has 5 heteroatoms. The average molecular weight is 386 g/mol. The number of amides is 1. The molecule has 1 N–H and O–H groups in total. The van der Waals surface area contributed by atoms with Crippen LogP contribution in [-0.2, 0) is 17.6 Å². The number of rotatable bonds is 3. The summed E-state index contributed by atoms with van der Waals surface area (Å²) >= 11 is 0. The topological polar surface area (TPSA) is 52.2 Å². The number of likely N-dealkylation sites (tertiary alicyclic amines) is 1. The molecular weight excluding hydrogens is 360 g/mol. The summed E-state index contributed by atoms with van der Waals surface area (Å²) in [5.41, 5.74) is 7.80. The monoisotopic (exact) mass is 386 g/mol. The van der Waals surface area contributed by atoms with Crippen molar-refractivity contribution in [2.75, 3.05) is 26.2 Å². The Balaban J connectivity index is 1.37. The maximum atomic E-state index is 11.7. The number of hydrogen-bond donors (Lipinski definition) is 1. The van der Waals surface area contributed by atoms with Gasteiger partial charge in [0.05, 0.1) is 11.7 Å². The summed E-state index contributed by atoms with van der Waals surface area (Å²) < 4.78 is 0. The molecule has 148 valence electrons. The highest BCUT2D eigenvalue weighted by Gasteiger charge is 2.34. The fourth-order valence-corrected chi connectivity index (χ4v) is 4.77. The Bertz CT molecular complexity index is 1090. The first-order chi connectivity index (χ1) is 14.1. The lowest BCUT2D eigenvalue weighted by Gasteiger charge is -2.44. The van der Waals surface area contributed by atoms with Gasteiger partial charge < -0.3 is 4.90 Å². The second-order valence-electron chi connectivity index (χ2n) is 8.21. The molecular formula is C24H26N4O. The van der Waals surface area contributed by atoms with Crippen LogP contribution in [0.4, 0.5) is 0 Å². The minimum Gasteiger partial charge on any atom is -0.336 e. The Kier molecular flexibility index (Phi) is 4.47. The molecule has 0 bridgehead atoms. The van der Waals surface area contributed by atoms with Gasteiger partial charge >= 0.3 is 0 Å². The summed E-state index contributed by atoms with van der Waals surface area (Å²) in [5, 5.41) is 8.50. The maximum absolute atomic E-state index is 11.7. The number of fused-ring (bicyclic) bond motifs is 2. The van der Waals surface area contributed by atoms with Crippen LogP contribution in [0, 0.1) is 6.92 Å². The summed E-state index contributed by atoms with van der Waals surface area (Å²) in [6.45, 7) is 9.52. The molecule has 0 radical (unpaired) electrons. The molecule has 5 rings (SSSR count). The van der Waals surface area contributed by atoms with Gasteiger partial charge in [-0.05, 0) is 59.7 Å². The molecule has 0 aliphatic carbocycles. The van der Waals surface area contributed by atoms with E-state index in [2.05, 4.69) is 58.9 Å². The predicted octanol–water partition coefficient (Wildman–Crippen LogP) is 3.34. The quantitative estimate of drug-likeness (QED) is 0.703. The molecule has 2 aromatic carbocycles. The Morgan fingerprint density at radius 1 is 1.17 bits per heavy atom. The molecule has 2 aliphatic heterocycles. The zero-order valence-electron chi connectivity index (χ0n) is 16.8. The lowest BCUT2D eigenvalue weighted by Crippen LogP contribution is -2.61. The summed E-state index contributed by atoms with van der Waals surface area (Å²) in [7, 11) is 0. The van der Waals surface area contributed by atoms with E-state index in [1.54, 1.807) is 0 Å². The Labute approximate surface area is 171 Å². The van der Waals surface area contributed by atoms with Crippen molar-refractivity contribution in [3.63, 3.8) is 0 Å². The molecule has 1 amide bonds. The third-order valence-corrected chi connectivity index (χ3v) is 6.53. The first-order valence-corrected chi connectivity index (χ1v) is 10.3. The number of aromatic nitrogens is 2. The smallest absolute Gasteiger partial charge is 0.246 e. The van der Waals surface area contributed by atoms with Crippen LogP contribution in [0.5, 0.6) is 0 Å². The van der Waals surface area contributed by atoms with Crippen LogP contribution in [0.25, 0.3) is 22.0 Å².